The Bertz CT molecular complexity index is 1190. The molecule has 0 aromatic carbocycles. The van der Waals surface area contributed by atoms with E-state index in [1.165, 1.54) is 6.20 Å². The number of ether oxygens (including phenoxy) is 2. The summed E-state index contributed by atoms with van der Waals surface area (Å²) >= 11 is 7.99. The number of thioether (sulfide) groups is 1. The maximum Gasteiger partial charge on any atom is 0.342 e. The molecule has 0 radical (unpaired) electrons. The number of rotatable bonds is 14. The van der Waals surface area contributed by atoms with E-state index in [2.05, 4.69) is 25.3 Å². The summed E-state index contributed by atoms with van der Waals surface area (Å²) in [6, 6.07) is 1.83. The largest absolute Gasteiger partial charge is 0.491 e. The van der Waals surface area contributed by atoms with Crippen LogP contribution in [0.25, 0.3) is 0 Å². The van der Waals surface area contributed by atoms with Crippen molar-refractivity contribution in [1.29, 1.82) is 0 Å². The van der Waals surface area contributed by atoms with Gasteiger partial charge in [0, 0.05) is 30.2 Å². The second-order valence-electron chi connectivity index (χ2n) is 7.90. The number of aromatic nitrogens is 5. The first kappa shape index (κ1) is 27.6. The topological polar surface area (TPSA) is 130 Å². The molecule has 0 bridgehead atoms. The molecule has 0 saturated heterocycles. The molecule has 3 rings (SSSR count). The molecular formula is C23H30ClN7O4S. The molecule has 0 spiro atoms. The van der Waals surface area contributed by atoms with E-state index in [-0.39, 0.29) is 5.82 Å². The van der Waals surface area contributed by atoms with E-state index in [9.17, 15) is 10.1 Å². The van der Waals surface area contributed by atoms with Crippen LogP contribution in [0.1, 0.15) is 28.6 Å². The summed E-state index contributed by atoms with van der Waals surface area (Å²) in [5.74, 6) is 4.17. The molecule has 36 heavy (non-hydrogen) atoms. The fourth-order valence-corrected chi connectivity index (χ4v) is 4.35. The minimum atomic E-state index is -0.409. The maximum absolute atomic E-state index is 11.0. The first-order valence-electron chi connectivity index (χ1n) is 11.4. The number of anilines is 1. The highest BCUT2D eigenvalue weighted by atomic mass is 35.5. The van der Waals surface area contributed by atoms with Crippen molar-refractivity contribution in [2.45, 2.75) is 40.8 Å². The highest BCUT2D eigenvalue weighted by Crippen LogP contribution is 2.24. The van der Waals surface area contributed by atoms with Crippen LogP contribution in [0, 0.1) is 37.8 Å². The molecule has 3 heterocycles. The van der Waals surface area contributed by atoms with Gasteiger partial charge in [0.2, 0.25) is 0 Å². The fourth-order valence-electron chi connectivity index (χ4n) is 3.44. The average molecular weight is 536 g/mol. The third-order valence-electron chi connectivity index (χ3n) is 5.35. The molecule has 0 atom stereocenters. The van der Waals surface area contributed by atoms with E-state index in [0.29, 0.717) is 55.4 Å². The third-order valence-corrected chi connectivity index (χ3v) is 6.73. The number of imidazole rings is 1. The number of aryl methyl sites for hydroxylation is 3. The Labute approximate surface area is 219 Å². The van der Waals surface area contributed by atoms with Gasteiger partial charge in [0.25, 0.3) is 0 Å². The van der Waals surface area contributed by atoms with Crippen LogP contribution in [0.2, 0.25) is 5.02 Å². The SMILES string of the molecule is Cc1nc(C)c(Cl)c(NCc2nccc(OCCOCCSCCn3c([N+](=O)[O-])cnc3C)c2C)n1. The lowest BCUT2D eigenvalue weighted by Gasteiger charge is -2.14. The van der Waals surface area contributed by atoms with Crippen molar-refractivity contribution in [2.24, 2.45) is 0 Å². The molecule has 13 heteroatoms. The number of nitro groups is 1. The molecule has 1 N–H and O–H groups in total. The number of halogens is 1. The predicted molar refractivity (Wildman–Crippen MR) is 140 cm³/mol. The molecule has 3 aromatic heterocycles. The van der Waals surface area contributed by atoms with Gasteiger partial charge >= 0.3 is 5.82 Å². The van der Waals surface area contributed by atoms with E-state index < -0.39 is 4.92 Å². The van der Waals surface area contributed by atoms with Gasteiger partial charge in [0.1, 0.15) is 41.8 Å². The lowest BCUT2D eigenvalue weighted by Crippen LogP contribution is -2.12. The monoisotopic (exact) mass is 535 g/mol. The summed E-state index contributed by atoms with van der Waals surface area (Å²) in [5.41, 5.74) is 2.50. The van der Waals surface area contributed by atoms with E-state index in [0.717, 1.165) is 34.2 Å². The molecule has 194 valence electrons. The highest BCUT2D eigenvalue weighted by Gasteiger charge is 2.16. The Hall–Kier alpha value is -2.96. The van der Waals surface area contributed by atoms with Crippen molar-refractivity contribution in [2.75, 3.05) is 36.6 Å². The van der Waals surface area contributed by atoms with E-state index in [1.807, 2.05) is 26.8 Å². The number of nitrogens with one attached hydrogen (secondary N) is 1. The van der Waals surface area contributed by atoms with E-state index in [4.69, 9.17) is 21.1 Å². The van der Waals surface area contributed by atoms with Gasteiger partial charge in [-0.15, -0.1) is 0 Å². The Morgan fingerprint density at radius 1 is 1.14 bits per heavy atom. The molecule has 0 unspecified atom stereocenters. The average Bonchev–Trinajstić information content (AvgIpc) is 3.21. The van der Waals surface area contributed by atoms with Gasteiger partial charge in [0.15, 0.2) is 5.82 Å². The summed E-state index contributed by atoms with van der Waals surface area (Å²) in [4.78, 5) is 27.7. The zero-order valence-corrected chi connectivity index (χ0v) is 22.4. The normalized spacial score (nSPS) is 11.0. The van der Waals surface area contributed by atoms with Crippen LogP contribution >= 0.6 is 23.4 Å². The molecule has 0 fully saturated rings. The van der Waals surface area contributed by atoms with Crippen LogP contribution in [0.15, 0.2) is 18.5 Å². The smallest absolute Gasteiger partial charge is 0.342 e. The minimum absolute atomic E-state index is 0.0230. The Morgan fingerprint density at radius 2 is 1.94 bits per heavy atom. The summed E-state index contributed by atoms with van der Waals surface area (Å²) in [7, 11) is 0. The Morgan fingerprint density at radius 3 is 2.72 bits per heavy atom. The molecule has 0 aliphatic heterocycles. The lowest BCUT2D eigenvalue weighted by molar-refractivity contribution is -0.392. The Kier molecular flexibility index (Phi) is 10.3. The molecule has 3 aromatic rings. The molecule has 0 aliphatic rings. The van der Waals surface area contributed by atoms with Gasteiger partial charge in [-0.25, -0.2) is 19.5 Å². The predicted octanol–water partition coefficient (Wildman–Crippen LogP) is 4.30. The van der Waals surface area contributed by atoms with Gasteiger partial charge in [-0.2, -0.15) is 11.8 Å². The quantitative estimate of drug-likeness (QED) is 0.181. The molecule has 0 amide bonds. The van der Waals surface area contributed by atoms with Gasteiger partial charge in [-0.1, -0.05) is 11.6 Å². The molecule has 0 aliphatic carbocycles. The maximum atomic E-state index is 11.0. The van der Waals surface area contributed by atoms with Gasteiger partial charge in [0.05, 0.1) is 31.1 Å². The molecular weight excluding hydrogens is 506 g/mol. The zero-order chi connectivity index (χ0) is 26.1. The van der Waals surface area contributed by atoms with Crippen LogP contribution in [0.4, 0.5) is 11.6 Å². The van der Waals surface area contributed by atoms with Crippen LogP contribution < -0.4 is 10.1 Å². The highest BCUT2D eigenvalue weighted by molar-refractivity contribution is 7.99. The first-order chi connectivity index (χ1) is 17.3. The Balaban J connectivity index is 1.35. The molecule has 0 saturated carbocycles. The number of nitrogens with zero attached hydrogens (tertiary/aromatic N) is 6. The first-order valence-corrected chi connectivity index (χ1v) is 12.9. The van der Waals surface area contributed by atoms with E-state index in [1.54, 1.807) is 29.4 Å². The van der Waals surface area contributed by atoms with Crippen molar-refractivity contribution < 1.29 is 14.4 Å². The molecule has 11 nitrogen and oxygen atoms in total. The summed E-state index contributed by atoms with van der Waals surface area (Å²) in [6.07, 6.45) is 3.00. The van der Waals surface area contributed by atoms with Crippen molar-refractivity contribution in [3.63, 3.8) is 0 Å². The van der Waals surface area contributed by atoms with E-state index >= 15 is 0 Å². The summed E-state index contributed by atoms with van der Waals surface area (Å²) in [5, 5.41) is 14.8. The van der Waals surface area contributed by atoms with Crippen LogP contribution in [-0.4, -0.2) is 60.8 Å². The van der Waals surface area contributed by atoms with Crippen LogP contribution in [0.5, 0.6) is 5.75 Å². The van der Waals surface area contributed by atoms with Crippen LogP contribution in [0.3, 0.4) is 0 Å². The minimum Gasteiger partial charge on any atom is -0.491 e. The number of hydrogen-bond donors (Lipinski definition) is 1. The lowest BCUT2D eigenvalue weighted by atomic mass is 10.2. The second-order valence-corrected chi connectivity index (χ2v) is 9.50. The van der Waals surface area contributed by atoms with Gasteiger partial charge in [-0.05, 0) is 31.8 Å². The van der Waals surface area contributed by atoms with Crippen molar-refractivity contribution in [3.05, 3.63) is 62.2 Å². The zero-order valence-electron chi connectivity index (χ0n) is 20.8. The summed E-state index contributed by atoms with van der Waals surface area (Å²) in [6.45, 7) is 9.83. The number of hydrogen-bond acceptors (Lipinski definition) is 10. The van der Waals surface area contributed by atoms with Crippen molar-refractivity contribution >= 4 is 35.0 Å². The van der Waals surface area contributed by atoms with Crippen LogP contribution in [-0.2, 0) is 17.8 Å². The third kappa shape index (κ3) is 7.52. The fraction of sp³-hybridized carbons (Fsp3) is 0.478. The second kappa shape index (κ2) is 13.4. The van der Waals surface area contributed by atoms with Gasteiger partial charge in [-0.3, -0.25) is 4.98 Å². The van der Waals surface area contributed by atoms with Gasteiger partial charge < -0.3 is 24.9 Å². The number of pyridine rings is 1. The summed E-state index contributed by atoms with van der Waals surface area (Å²) < 4.78 is 13.2. The standard InChI is InChI=1S/C23H30ClN7O4S/c1-15-19(13-27-23-22(24)16(2)28-17(3)29-23)25-6-5-20(15)35-9-8-34-10-12-36-11-7-30-18(4)26-14-21(30)31(32)33/h5-6,14H,7-13H2,1-4H3,(H,27,28,29). The van der Waals surface area contributed by atoms with Crippen molar-refractivity contribution in [1.82, 2.24) is 24.5 Å². The van der Waals surface area contributed by atoms with Crippen molar-refractivity contribution in [3.8, 4) is 5.75 Å².